The molecular formula is C14H15N3O. The predicted molar refractivity (Wildman–Crippen MR) is 73.3 cm³/mol. The Bertz CT molecular complexity index is 593. The number of pyridine rings is 1. The molecule has 4 nitrogen and oxygen atoms in total. The second-order valence-electron chi connectivity index (χ2n) is 3.95. The highest BCUT2D eigenvalue weighted by Crippen LogP contribution is 2.19. The summed E-state index contributed by atoms with van der Waals surface area (Å²) in [4.78, 5) is 16.1. The molecule has 0 atom stereocenters. The number of carbonyl (C=O) groups excluding carboxylic acids is 1. The van der Waals surface area contributed by atoms with Gasteiger partial charge in [0, 0.05) is 17.6 Å². The average Bonchev–Trinajstić information content (AvgIpc) is 2.39. The maximum atomic E-state index is 11.9. The van der Waals surface area contributed by atoms with Crippen LogP contribution in [0.3, 0.4) is 0 Å². The lowest BCUT2D eigenvalue weighted by atomic mass is 10.1. The number of rotatable bonds is 4. The Morgan fingerprint density at radius 3 is 3.00 bits per heavy atom. The zero-order chi connectivity index (χ0) is 13.0. The summed E-state index contributed by atoms with van der Waals surface area (Å²) in [6, 6.07) is 9.09. The fourth-order valence-corrected chi connectivity index (χ4v) is 1.70. The van der Waals surface area contributed by atoms with Crippen molar-refractivity contribution in [3.05, 3.63) is 48.7 Å². The molecule has 0 aliphatic heterocycles. The Morgan fingerprint density at radius 2 is 2.22 bits per heavy atom. The van der Waals surface area contributed by atoms with E-state index in [1.54, 1.807) is 12.1 Å². The number of amides is 1. The third kappa shape index (κ3) is 2.48. The molecule has 0 bridgehead atoms. The number of fused-ring (bicyclic) bond motifs is 1. The number of nitrogens with zero attached hydrogens (tertiary/aromatic N) is 1. The third-order valence-corrected chi connectivity index (χ3v) is 2.61. The summed E-state index contributed by atoms with van der Waals surface area (Å²) >= 11 is 0. The fraction of sp³-hybridized carbons (Fsp3) is 0.143. The maximum absolute atomic E-state index is 11.9. The number of aromatic nitrogens is 1. The molecule has 1 aromatic heterocycles. The number of hydrogen-bond acceptors (Lipinski definition) is 3. The Labute approximate surface area is 106 Å². The van der Waals surface area contributed by atoms with E-state index in [2.05, 4.69) is 16.9 Å². The lowest BCUT2D eigenvalue weighted by Crippen LogP contribution is -2.25. The highest BCUT2D eigenvalue weighted by Gasteiger charge is 2.09. The van der Waals surface area contributed by atoms with Crippen molar-refractivity contribution in [3.63, 3.8) is 0 Å². The van der Waals surface area contributed by atoms with E-state index < -0.39 is 0 Å². The number of para-hydroxylation sites is 1. The fourth-order valence-electron chi connectivity index (χ4n) is 1.70. The molecule has 2 rings (SSSR count). The first-order chi connectivity index (χ1) is 8.72. The lowest BCUT2D eigenvalue weighted by Gasteiger charge is -2.06. The van der Waals surface area contributed by atoms with Gasteiger partial charge in [0.05, 0.1) is 5.52 Å². The van der Waals surface area contributed by atoms with Gasteiger partial charge in [-0.25, -0.2) is 4.98 Å². The molecule has 0 saturated heterocycles. The number of nitrogen functional groups attached to an aromatic ring is 1. The Morgan fingerprint density at radius 1 is 1.44 bits per heavy atom. The van der Waals surface area contributed by atoms with E-state index in [0.29, 0.717) is 17.9 Å². The van der Waals surface area contributed by atoms with E-state index in [9.17, 15) is 4.79 Å². The van der Waals surface area contributed by atoms with E-state index in [4.69, 9.17) is 5.73 Å². The Kier molecular flexibility index (Phi) is 3.57. The summed E-state index contributed by atoms with van der Waals surface area (Å²) in [7, 11) is 0. The summed E-state index contributed by atoms with van der Waals surface area (Å²) in [5.41, 5.74) is 7.55. The van der Waals surface area contributed by atoms with Crippen molar-refractivity contribution >= 4 is 22.5 Å². The van der Waals surface area contributed by atoms with Crippen LogP contribution in [0.2, 0.25) is 0 Å². The minimum absolute atomic E-state index is 0.214. The topological polar surface area (TPSA) is 68.0 Å². The van der Waals surface area contributed by atoms with Gasteiger partial charge in [0.25, 0.3) is 5.91 Å². The number of nitrogens with one attached hydrogen (secondary N) is 1. The van der Waals surface area contributed by atoms with Crippen LogP contribution in [0.5, 0.6) is 0 Å². The second-order valence-corrected chi connectivity index (χ2v) is 3.95. The quantitative estimate of drug-likeness (QED) is 0.636. The van der Waals surface area contributed by atoms with Gasteiger partial charge in [-0.05, 0) is 18.6 Å². The number of anilines is 1. The van der Waals surface area contributed by atoms with Crippen molar-refractivity contribution < 1.29 is 4.79 Å². The zero-order valence-corrected chi connectivity index (χ0v) is 10.0. The highest BCUT2D eigenvalue weighted by atomic mass is 16.1. The van der Waals surface area contributed by atoms with Crippen molar-refractivity contribution in [2.45, 2.75) is 6.42 Å². The Hall–Kier alpha value is -2.36. The SMILES string of the molecule is C=CCCNC(=O)c1cc(N)c2ccccc2n1. The van der Waals surface area contributed by atoms with Crippen molar-refractivity contribution in [1.29, 1.82) is 0 Å². The number of nitrogens with two attached hydrogens (primary N) is 1. The molecule has 0 radical (unpaired) electrons. The van der Waals surface area contributed by atoms with E-state index in [1.807, 2.05) is 24.3 Å². The molecule has 18 heavy (non-hydrogen) atoms. The molecule has 0 spiro atoms. The molecule has 4 heteroatoms. The minimum atomic E-state index is -0.214. The van der Waals surface area contributed by atoms with Crippen molar-refractivity contribution in [2.75, 3.05) is 12.3 Å². The first-order valence-corrected chi connectivity index (χ1v) is 5.76. The van der Waals surface area contributed by atoms with Gasteiger partial charge in [0.15, 0.2) is 0 Å². The van der Waals surface area contributed by atoms with Crippen LogP contribution in [0.25, 0.3) is 10.9 Å². The van der Waals surface area contributed by atoms with E-state index in [1.165, 1.54) is 0 Å². The highest BCUT2D eigenvalue weighted by molar-refractivity contribution is 5.99. The van der Waals surface area contributed by atoms with Gasteiger partial charge in [-0.1, -0.05) is 24.3 Å². The normalized spacial score (nSPS) is 10.2. The minimum Gasteiger partial charge on any atom is -0.398 e. The number of benzene rings is 1. The smallest absolute Gasteiger partial charge is 0.269 e. The van der Waals surface area contributed by atoms with Gasteiger partial charge >= 0.3 is 0 Å². The number of carbonyl (C=O) groups is 1. The molecule has 1 heterocycles. The molecule has 0 aliphatic carbocycles. The number of hydrogen-bond donors (Lipinski definition) is 2. The summed E-state index contributed by atoms with van der Waals surface area (Å²) in [6.07, 6.45) is 2.48. The van der Waals surface area contributed by atoms with E-state index in [-0.39, 0.29) is 5.91 Å². The maximum Gasteiger partial charge on any atom is 0.269 e. The van der Waals surface area contributed by atoms with Crippen LogP contribution in [-0.2, 0) is 0 Å². The Balaban J connectivity index is 2.28. The van der Waals surface area contributed by atoms with Crippen LogP contribution in [0.1, 0.15) is 16.9 Å². The molecule has 0 fully saturated rings. The molecule has 0 aliphatic rings. The van der Waals surface area contributed by atoms with Gasteiger partial charge in [-0.2, -0.15) is 0 Å². The standard InChI is InChI=1S/C14H15N3O/c1-2-3-8-16-14(18)13-9-11(15)10-6-4-5-7-12(10)17-13/h2,4-7,9H,1,3,8H2,(H2,15,17)(H,16,18). The van der Waals surface area contributed by atoms with E-state index >= 15 is 0 Å². The molecule has 92 valence electrons. The van der Waals surface area contributed by atoms with Crippen LogP contribution in [0, 0.1) is 0 Å². The largest absolute Gasteiger partial charge is 0.398 e. The van der Waals surface area contributed by atoms with Crippen LogP contribution < -0.4 is 11.1 Å². The predicted octanol–water partition coefficient (Wildman–Crippen LogP) is 2.12. The second kappa shape index (κ2) is 5.31. The molecule has 0 unspecified atom stereocenters. The molecule has 1 amide bonds. The summed E-state index contributed by atoms with van der Waals surface area (Å²) in [6.45, 7) is 4.15. The molecule has 1 aromatic carbocycles. The van der Waals surface area contributed by atoms with Gasteiger partial charge in [-0.3, -0.25) is 4.79 Å². The first kappa shape index (κ1) is 12.1. The molecule has 2 aromatic rings. The van der Waals surface area contributed by atoms with Gasteiger partial charge in [0.2, 0.25) is 0 Å². The van der Waals surface area contributed by atoms with Crippen molar-refractivity contribution in [2.24, 2.45) is 0 Å². The van der Waals surface area contributed by atoms with Crippen LogP contribution in [-0.4, -0.2) is 17.4 Å². The first-order valence-electron chi connectivity index (χ1n) is 5.76. The van der Waals surface area contributed by atoms with Crippen LogP contribution in [0.15, 0.2) is 43.0 Å². The molecule has 3 N–H and O–H groups in total. The average molecular weight is 241 g/mol. The third-order valence-electron chi connectivity index (χ3n) is 2.61. The van der Waals surface area contributed by atoms with Crippen molar-refractivity contribution in [1.82, 2.24) is 10.3 Å². The van der Waals surface area contributed by atoms with Gasteiger partial charge < -0.3 is 11.1 Å². The summed E-state index contributed by atoms with van der Waals surface area (Å²) < 4.78 is 0. The lowest BCUT2D eigenvalue weighted by molar-refractivity contribution is 0.0950. The summed E-state index contributed by atoms with van der Waals surface area (Å²) in [5.74, 6) is -0.214. The van der Waals surface area contributed by atoms with Crippen LogP contribution in [0.4, 0.5) is 5.69 Å². The van der Waals surface area contributed by atoms with Gasteiger partial charge in [0.1, 0.15) is 5.69 Å². The zero-order valence-electron chi connectivity index (χ0n) is 10.0. The molecular weight excluding hydrogens is 226 g/mol. The van der Waals surface area contributed by atoms with Gasteiger partial charge in [-0.15, -0.1) is 6.58 Å². The monoisotopic (exact) mass is 241 g/mol. The molecule has 0 saturated carbocycles. The van der Waals surface area contributed by atoms with E-state index in [0.717, 1.165) is 17.3 Å². The van der Waals surface area contributed by atoms with Crippen molar-refractivity contribution in [3.8, 4) is 0 Å². The summed E-state index contributed by atoms with van der Waals surface area (Å²) in [5, 5.41) is 3.62. The van der Waals surface area contributed by atoms with Crippen LogP contribution >= 0.6 is 0 Å².